The summed E-state index contributed by atoms with van der Waals surface area (Å²) in [5.41, 5.74) is 2.34. The predicted molar refractivity (Wildman–Crippen MR) is 117 cm³/mol. The fourth-order valence-corrected chi connectivity index (χ4v) is 3.64. The van der Waals surface area contributed by atoms with Gasteiger partial charge in [0, 0.05) is 35.6 Å². The molecule has 1 aromatic carbocycles. The summed E-state index contributed by atoms with van der Waals surface area (Å²) >= 11 is 1.42. The van der Waals surface area contributed by atoms with Crippen molar-refractivity contribution in [3.63, 3.8) is 0 Å². The minimum atomic E-state index is -0.288. The lowest BCUT2D eigenvalue weighted by Gasteiger charge is -2.09. The third kappa shape index (κ3) is 4.90. The number of carbonyl (C=O) groups excluding carboxylic acids is 1. The highest BCUT2D eigenvalue weighted by atomic mass is 32.1. The molecular formula is C22H21N5O2S. The van der Waals surface area contributed by atoms with Crippen LogP contribution in [0.25, 0.3) is 10.6 Å². The van der Waals surface area contributed by atoms with Crippen molar-refractivity contribution in [3.8, 4) is 16.3 Å². The second-order valence-electron chi connectivity index (χ2n) is 6.94. The second kappa shape index (κ2) is 8.87. The zero-order valence-electron chi connectivity index (χ0n) is 16.6. The van der Waals surface area contributed by atoms with Crippen LogP contribution in [0.15, 0.2) is 66.4 Å². The number of pyridine rings is 1. The summed E-state index contributed by atoms with van der Waals surface area (Å²) in [6.07, 6.45) is 5.46. The average molecular weight is 420 g/mol. The lowest BCUT2D eigenvalue weighted by atomic mass is 10.2. The van der Waals surface area contributed by atoms with Gasteiger partial charge in [-0.2, -0.15) is 5.10 Å². The van der Waals surface area contributed by atoms with E-state index in [1.165, 1.54) is 11.3 Å². The van der Waals surface area contributed by atoms with Gasteiger partial charge in [-0.25, -0.2) is 4.98 Å². The molecule has 0 aliphatic carbocycles. The highest BCUT2D eigenvalue weighted by Crippen LogP contribution is 2.26. The van der Waals surface area contributed by atoms with Gasteiger partial charge < -0.3 is 10.1 Å². The van der Waals surface area contributed by atoms with Gasteiger partial charge in [-0.1, -0.05) is 6.07 Å². The van der Waals surface area contributed by atoms with Gasteiger partial charge in [-0.3, -0.25) is 14.5 Å². The van der Waals surface area contributed by atoms with E-state index in [2.05, 4.69) is 20.4 Å². The summed E-state index contributed by atoms with van der Waals surface area (Å²) in [7, 11) is 0. The van der Waals surface area contributed by atoms with Crippen molar-refractivity contribution in [3.05, 3.63) is 77.7 Å². The first-order chi connectivity index (χ1) is 14.6. The quantitative estimate of drug-likeness (QED) is 0.477. The third-order valence-corrected chi connectivity index (χ3v) is 5.05. The Morgan fingerprint density at radius 2 is 2.03 bits per heavy atom. The SMILES string of the molecule is CC(C)Oc1ccc(-c2nc(C(=O)Nc3ccn(Cc4cccnc4)n3)cs2)cc1. The van der Waals surface area contributed by atoms with Gasteiger partial charge in [-0.05, 0) is 49.7 Å². The molecule has 0 unspecified atom stereocenters. The zero-order valence-corrected chi connectivity index (χ0v) is 17.5. The Kier molecular flexibility index (Phi) is 5.85. The van der Waals surface area contributed by atoms with Crippen LogP contribution in [0.3, 0.4) is 0 Å². The molecule has 0 fully saturated rings. The summed E-state index contributed by atoms with van der Waals surface area (Å²) in [6.45, 7) is 4.56. The van der Waals surface area contributed by atoms with Crippen LogP contribution in [0.4, 0.5) is 5.82 Å². The zero-order chi connectivity index (χ0) is 20.9. The fraction of sp³-hybridized carbons (Fsp3) is 0.182. The lowest BCUT2D eigenvalue weighted by Crippen LogP contribution is -2.13. The van der Waals surface area contributed by atoms with Gasteiger partial charge in [0.15, 0.2) is 5.82 Å². The number of aromatic nitrogens is 4. The molecule has 0 atom stereocenters. The molecule has 0 aliphatic rings. The molecule has 0 saturated heterocycles. The van der Waals surface area contributed by atoms with Crippen molar-refractivity contribution in [2.45, 2.75) is 26.5 Å². The number of carbonyl (C=O) groups is 1. The Morgan fingerprint density at radius 3 is 2.77 bits per heavy atom. The normalized spacial score (nSPS) is 10.9. The van der Waals surface area contributed by atoms with E-state index in [-0.39, 0.29) is 12.0 Å². The molecule has 3 heterocycles. The summed E-state index contributed by atoms with van der Waals surface area (Å²) in [4.78, 5) is 21.1. The van der Waals surface area contributed by atoms with Crippen LogP contribution in [0, 0.1) is 0 Å². The minimum absolute atomic E-state index is 0.124. The molecule has 30 heavy (non-hydrogen) atoms. The van der Waals surface area contributed by atoms with Crippen LogP contribution in [-0.2, 0) is 6.54 Å². The van der Waals surface area contributed by atoms with Gasteiger partial charge in [0.25, 0.3) is 5.91 Å². The highest BCUT2D eigenvalue weighted by Gasteiger charge is 2.14. The molecule has 152 valence electrons. The number of hydrogen-bond acceptors (Lipinski definition) is 6. The molecule has 1 N–H and O–H groups in total. The lowest BCUT2D eigenvalue weighted by molar-refractivity contribution is 0.102. The Hall–Kier alpha value is -3.52. The maximum absolute atomic E-state index is 12.6. The largest absolute Gasteiger partial charge is 0.491 e. The number of ether oxygens (including phenoxy) is 1. The monoisotopic (exact) mass is 419 g/mol. The summed E-state index contributed by atoms with van der Waals surface area (Å²) in [5.74, 6) is 1.00. The van der Waals surface area contributed by atoms with Gasteiger partial charge in [0.2, 0.25) is 0 Å². The first-order valence-corrected chi connectivity index (χ1v) is 10.4. The number of thiazole rings is 1. The Balaban J connectivity index is 1.40. The molecule has 0 spiro atoms. The summed E-state index contributed by atoms with van der Waals surface area (Å²) < 4.78 is 7.41. The number of rotatable bonds is 7. The maximum atomic E-state index is 12.6. The van der Waals surface area contributed by atoms with Crippen molar-refractivity contribution in [1.82, 2.24) is 19.7 Å². The molecular weight excluding hydrogens is 398 g/mol. The van der Waals surface area contributed by atoms with E-state index in [4.69, 9.17) is 4.74 Å². The van der Waals surface area contributed by atoms with Gasteiger partial charge in [0.1, 0.15) is 16.5 Å². The van der Waals surface area contributed by atoms with Crippen molar-refractivity contribution in [2.24, 2.45) is 0 Å². The van der Waals surface area contributed by atoms with E-state index in [1.54, 1.807) is 28.5 Å². The Bertz CT molecular complexity index is 1120. The van der Waals surface area contributed by atoms with Crippen molar-refractivity contribution >= 4 is 23.1 Å². The molecule has 0 saturated carbocycles. The van der Waals surface area contributed by atoms with Crippen LogP contribution in [-0.4, -0.2) is 31.8 Å². The van der Waals surface area contributed by atoms with Crippen LogP contribution < -0.4 is 10.1 Å². The van der Waals surface area contributed by atoms with Crippen LogP contribution in [0.5, 0.6) is 5.75 Å². The van der Waals surface area contributed by atoms with E-state index >= 15 is 0 Å². The van der Waals surface area contributed by atoms with Crippen LogP contribution in [0.1, 0.15) is 29.9 Å². The number of benzene rings is 1. The third-order valence-electron chi connectivity index (χ3n) is 4.16. The molecule has 0 aliphatic heterocycles. The Labute approximate surface area is 178 Å². The van der Waals surface area contributed by atoms with Crippen molar-refractivity contribution in [2.75, 3.05) is 5.32 Å². The number of nitrogens with one attached hydrogen (secondary N) is 1. The molecule has 4 aromatic rings. The molecule has 0 bridgehead atoms. The van der Waals surface area contributed by atoms with E-state index in [9.17, 15) is 4.79 Å². The number of amides is 1. The highest BCUT2D eigenvalue weighted by molar-refractivity contribution is 7.13. The number of anilines is 1. The molecule has 8 heteroatoms. The summed E-state index contributed by atoms with van der Waals surface area (Å²) in [6, 6.07) is 13.3. The first kappa shape index (κ1) is 19.8. The number of hydrogen-bond donors (Lipinski definition) is 1. The molecule has 1 amide bonds. The summed E-state index contributed by atoms with van der Waals surface area (Å²) in [5, 5.41) is 9.71. The number of nitrogens with zero attached hydrogens (tertiary/aromatic N) is 4. The standard InChI is InChI=1S/C22H21N5O2S/c1-15(2)29-18-7-5-17(6-8-18)22-24-19(14-30-22)21(28)25-20-9-11-27(26-20)13-16-4-3-10-23-12-16/h3-12,14-15H,13H2,1-2H3,(H,25,26,28). The molecule has 0 radical (unpaired) electrons. The van der Waals surface area contributed by atoms with E-state index in [0.29, 0.717) is 18.1 Å². The van der Waals surface area contributed by atoms with E-state index < -0.39 is 0 Å². The first-order valence-electron chi connectivity index (χ1n) is 9.53. The van der Waals surface area contributed by atoms with E-state index in [1.807, 2.05) is 56.4 Å². The van der Waals surface area contributed by atoms with Crippen LogP contribution >= 0.6 is 11.3 Å². The Morgan fingerprint density at radius 1 is 1.20 bits per heavy atom. The maximum Gasteiger partial charge on any atom is 0.276 e. The van der Waals surface area contributed by atoms with Gasteiger partial charge in [0.05, 0.1) is 12.6 Å². The molecule has 3 aromatic heterocycles. The topological polar surface area (TPSA) is 81.9 Å². The smallest absolute Gasteiger partial charge is 0.276 e. The van der Waals surface area contributed by atoms with E-state index in [0.717, 1.165) is 21.9 Å². The van der Waals surface area contributed by atoms with Crippen LogP contribution in [0.2, 0.25) is 0 Å². The van der Waals surface area contributed by atoms with Crippen molar-refractivity contribution < 1.29 is 9.53 Å². The average Bonchev–Trinajstić information content (AvgIpc) is 3.39. The second-order valence-corrected chi connectivity index (χ2v) is 7.80. The van der Waals surface area contributed by atoms with Gasteiger partial charge >= 0.3 is 0 Å². The molecule has 7 nitrogen and oxygen atoms in total. The molecule has 4 rings (SSSR count). The van der Waals surface area contributed by atoms with Gasteiger partial charge in [-0.15, -0.1) is 11.3 Å². The van der Waals surface area contributed by atoms with Crippen molar-refractivity contribution in [1.29, 1.82) is 0 Å². The minimum Gasteiger partial charge on any atom is -0.491 e. The predicted octanol–water partition coefficient (Wildman–Crippen LogP) is 4.49. The fourth-order valence-electron chi connectivity index (χ4n) is 2.83.